The number of rotatable bonds is 4. The first-order valence-corrected chi connectivity index (χ1v) is 5.83. The van der Waals surface area contributed by atoms with Gasteiger partial charge >= 0.3 is 5.97 Å². The maximum Gasteiger partial charge on any atom is 0.336 e. The number of aromatic carboxylic acids is 1. The van der Waals surface area contributed by atoms with Crippen LogP contribution >= 0.6 is 12.2 Å². The van der Waals surface area contributed by atoms with Crippen LogP contribution in [0.5, 0.6) is 0 Å². The molecule has 0 atom stereocenters. The molecule has 0 aromatic heterocycles. The van der Waals surface area contributed by atoms with E-state index in [-0.39, 0.29) is 11.6 Å². The van der Waals surface area contributed by atoms with Gasteiger partial charge in [-0.1, -0.05) is 18.2 Å². The molecule has 18 heavy (non-hydrogen) atoms. The minimum absolute atomic E-state index is 0.200. The van der Waals surface area contributed by atoms with Crippen LogP contribution in [0.25, 0.3) is 0 Å². The molecule has 0 aliphatic carbocycles. The Hall–Kier alpha value is -1.95. The van der Waals surface area contributed by atoms with Crippen molar-refractivity contribution in [2.24, 2.45) is 5.10 Å². The third-order valence-corrected chi connectivity index (χ3v) is 2.19. The maximum absolute atomic E-state index is 10.9. The summed E-state index contributed by atoms with van der Waals surface area (Å²) in [7, 11) is 0. The second-order valence-electron chi connectivity index (χ2n) is 3.89. The van der Waals surface area contributed by atoms with Crippen LogP contribution in [0, 0.1) is 0 Å². The molecule has 1 aromatic carbocycles. The Morgan fingerprint density at radius 1 is 1.44 bits per heavy atom. The molecule has 0 spiro atoms. The zero-order valence-electron chi connectivity index (χ0n) is 10.2. The van der Waals surface area contributed by atoms with Crippen LogP contribution in [0.4, 0.5) is 0 Å². The van der Waals surface area contributed by atoms with E-state index in [0.717, 1.165) is 0 Å². The summed E-state index contributed by atoms with van der Waals surface area (Å²) in [5, 5.41) is 16.2. The van der Waals surface area contributed by atoms with Gasteiger partial charge in [-0.2, -0.15) is 5.10 Å². The Balaban J connectivity index is 2.68. The number of hydrogen-bond donors (Lipinski definition) is 3. The summed E-state index contributed by atoms with van der Waals surface area (Å²) in [4.78, 5) is 10.9. The van der Waals surface area contributed by atoms with Crippen molar-refractivity contribution in [2.45, 2.75) is 19.9 Å². The second kappa shape index (κ2) is 6.70. The number of benzene rings is 1. The van der Waals surface area contributed by atoms with Crippen molar-refractivity contribution in [3.63, 3.8) is 0 Å². The molecule has 3 N–H and O–H groups in total. The molecule has 0 amide bonds. The minimum atomic E-state index is -0.986. The first-order chi connectivity index (χ1) is 8.50. The fourth-order valence-corrected chi connectivity index (χ4v) is 1.55. The van der Waals surface area contributed by atoms with E-state index in [2.05, 4.69) is 15.8 Å². The summed E-state index contributed by atoms with van der Waals surface area (Å²) < 4.78 is 0. The zero-order chi connectivity index (χ0) is 13.5. The van der Waals surface area contributed by atoms with Gasteiger partial charge in [-0.15, -0.1) is 0 Å². The summed E-state index contributed by atoms with van der Waals surface area (Å²) in [5.41, 5.74) is 3.34. The fourth-order valence-electron chi connectivity index (χ4n) is 1.26. The van der Waals surface area contributed by atoms with E-state index in [1.165, 1.54) is 12.3 Å². The number of thiocarbonyl (C=S) groups is 1. The van der Waals surface area contributed by atoms with E-state index in [4.69, 9.17) is 17.3 Å². The first kappa shape index (κ1) is 14.1. The van der Waals surface area contributed by atoms with Gasteiger partial charge in [0.2, 0.25) is 0 Å². The largest absolute Gasteiger partial charge is 0.478 e. The highest BCUT2D eigenvalue weighted by Crippen LogP contribution is 2.05. The monoisotopic (exact) mass is 265 g/mol. The number of nitrogens with zero attached hydrogens (tertiary/aromatic N) is 1. The van der Waals surface area contributed by atoms with Crippen molar-refractivity contribution in [1.82, 2.24) is 10.7 Å². The minimum Gasteiger partial charge on any atom is -0.478 e. The molecule has 0 heterocycles. The van der Waals surface area contributed by atoms with Gasteiger partial charge in [0, 0.05) is 11.6 Å². The van der Waals surface area contributed by atoms with E-state index in [1.807, 2.05) is 13.8 Å². The van der Waals surface area contributed by atoms with E-state index < -0.39 is 5.97 Å². The fraction of sp³-hybridized carbons (Fsp3) is 0.250. The van der Waals surface area contributed by atoms with Crippen LogP contribution in [-0.4, -0.2) is 28.4 Å². The lowest BCUT2D eigenvalue weighted by Gasteiger charge is -2.09. The molecule has 0 aliphatic heterocycles. The van der Waals surface area contributed by atoms with Crippen LogP contribution in [0.1, 0.15) is 29.8 Å². The molecule has 5 nitrogen and oxygen atoms in total. The summed E-state index contributed by atoms with van der Waals surface area (Å²) >= 11 is 4.98. The molecule has 0 saturated heterocycles. The molecule has 1 aromatic rings. The molecule has 0 radical (unpaired) electrons. The molecule has 0 saturated carbocycles. The third kappa shape index (κ3) is 4.50. The molecule has 0 bridgehead atoms. The molecular weight excluding hydrogens is 250 g/mol. The van der Waals surface area contributed by atoms with Crippen LogP contribution < -0.4 is 10.7 Å². The number of carbonyl (C=O) groups is 1. The lowest BCUT2D eigenvalue weighted by atomic mass is 10.1. The van der Waals surface area contributed by atoms with E-state index in [9.17, 15) is 4.79 Å². The highest BCUT2D eigenvalue weighted by Gasteiger charge is 2.06. The Morgan fingerprint density at radius 3 is 2.72 bits per heavy atom. The van der Waals surface area contributed by atoms with Gasteiger partial charge in [0.05, 0.1) is 11.8 Å². The second-order valence-corrected chi connectivity index (χ2v) is 4.30. The number of hydrogen-bond acceptors (Lipinski definition) is 3. The van der Waals surface area contributed by atoms with Crippen LogP contribution in [-0.2, 0) is 0 Å². The molecule has 0 aliphatic rings. The molecule has 0 fully saturated rings. The Bertz CT molecular complexity index is 472. The normalized spacial score (nSPS) is 10.6. The van der Waals surface area contributed by atoms with Gasteiger partial charge in [0.15, 0.2) is 5.11 Å². The van der Waals surface area contributed by atoms with Gasteiger partial charge in [0.1, 0.15) is 0 Å². The lowest BCUT2D eigenvalue weighted by molar-refractivity contribution is 0.0697. The SMILES string of the molecule is CC(C)NC(=S)NN=Cc1ccccc1C(=O)O. The number of carboxylic acids is 1. The van der Waals surface area contributed by atoms with Crippen LogP contribution in [0.15, 0.2) is 29.4 Å². The molecule has 1 rings (SSSR count). The number of hydrazone groups is 1. The average molecular weight is 265 g/mol. The maximum atomic E-state index is 10.9. The molecule has 96 valence electrons. The number of nitrogens with one attached hydrogen (secondary N) is 2. The van der Waals surface area contributed by atoms with Gasteiger partial charge in [-0.05, 0) is 32.1 Å². The van der Waals surface area contributed by atoms with Crippen molar-refractivity contribution < 1.29 is 9.90 Å². The van der Waals surface area contributed by atoms with Crippen LogP contribution in [0.3, 0.4) is 0 Å². The smallest absolute Gasteiger partial charge is 0.336 e. The Kier molecular flexibility index (Phi) is 5.26. The lowest BCUT2D eigenvalue weighted by Crippen LogP contribution is -2.36. The van der Waals surface area contributed by atoms with Crippen LogP contribution in [0.2, 0.25) is 0 Å². The average Bonchev–Trinajstić information content (AvgIpc) is 2.28. The van der Waals surface area contributed by atoms with Crippen molar-refractivity contribution in [1.29, 1.82) is 0 Å². The Morgan fingerprint density at radius 2 is 2.11 bits per heavy atom. The van der Waals surface area contributed by atoms with E-state index >= 15 is 0 Å². The topological polar surface area (TPSA) is 73.7 Å². The van der Waals surface area contributed by atoms with E-state index in [1.54, 1.807) is 18.2 Å². The highest BCUT2D eigenvalue weighted by atomic mass is 32.1. The van der Waals surface area contributed by atoms with Crippen molar-refractivity contribution in [3.05, 3.63) is 35.4 Å². The predicted octanol–water partition coefficient (Wildman–Crippen LogP) is 1.59. The predicted molar refractivity (Wildman–Crippen MR) is 75.0 cm³/mol. The summed E-state index contributed by atoms with van der Waals surface area (Å²) in [6.07, 6.45) is 1.43. The summed E-state index contributed by atoms with van der Waals surface area (Å²) in [6, 6.07) is 6.83. The van der Waals surface area contributed by atoms with Crippen molar-refractivity contribution in [3.8, 4) is 0 Å². The zero-order valence-corrected chi connectivity index (χ0v) is 11.0. The van der Waals surface area contributed by atoms with Crippen molar-refractivity contribution in [2.75, 3.05) is 0 Å². The van der Waals surface area contributed by atoms with Gasteiger partial charge < -0.3 is 10.4 Å². The first-order valence-electron chi connectivity index (χ1n) is 5.42. The van der Waals surface area contributed by atoms with E-state index in [0.29, 0.717) is 10.7 Å². The quantitative estimate of drug-likeness (QED) is 0.438. The summed E-state index contributed by atoms with van der Waals surface area (Å²) in [5.74, 6) is -0.986. The molecule has 0 unspecified atom stereocenters. The molecule has 6 heteroatoms. The van der Waals surface area contributed by atoms with Crippen molar-refractivity contribution >= 4 is 29.5 Å². The standard InChI is InChI=1S/C12H15N3O2S/c1-8(2)14-12(18)15-13-7-9-5-3-4-6-10(9)11(16)17/h3-8H,1-2H3,(H,16,17)(H2,14,15,18). The molecular formula is C12H15N3O2S. The van der Waals surface area contributed by atoms with Gasteiger partial charge in [-0.25, -0.2) is 4.79 Å². The highest BCUT2D eigenvalue weighted by molar-refractivity contribution is 7.80. The summed E-state index contributed by atoms with van der Waals surface area (Å²) in [6.45, 7) is 3.91. The third-order valence-electron chi connectivity index (χ3n) is 1.98. The number of carboxylic acid groups (broad SMARTS) is 1. The van der Waals surface area contributed by atoms with Gasteiger partial charge in [0.25, 0.3) is 0 Å². The Labute approximate surface area is 111 Å². The van der Waals surface area contributed by atoms with Gasteiger partial charge in [-0.3, -0.25) is 5.43 Å².